The molecule has 0 unspecified atom stereocenters. The molecule has 3 amide bonds. The van der Waals surface area contributed by atoms with Gasteiger partial charge in [-0.15, -0.1) is 0 Å². The Balaban J connectivity index is 1.35. The number of pyridine rings is 1. The van der Waals surface area contributed by atoms with Gasteiger partial charge < -0.3 is 25.4 Å². The predicted molar refractivity (Wildman–Crippen MR) is 189 cm³/mol. The zero-order valence-corrected chi connectivity index (χ0v) is 28.9. The molecule has 3 aromatic rings. The third-order valence-electron chi connectivity index (χ3n) is 8.59. The number of unbranched alkanes of at least 4 members (excludes halogenated alkanes) is 2. The predicted octanol–water partition coefficient (Wildman–Crippen LogP) is 7.39. The van der Waals surface area contributed by atoms with Crippen molar-refractivity contribution in [3.05, 3.63) is 89.7 Å². The average molecular weight is 657 g/mol. The molecule has 48 heavy (non-hydrogen) atoms. The van der Waals surface area contributed by atoms with Gasteiger partial charge in [-0.2, -0.15) is 0 Å². The number of ether oxygens (including phenoxy) is 2. The van der Waals surface area contributed by atoms with Gasteiger partial charge in [0.15, 0.2) is 0 Å². The Morgan fingerprint density at radius 1 is 0.854 bits per heavy atom. The number of carbonyl (C=O) groups is 3. The molecule has 0 spiro atoms. The van der Waals surface area contributed by atoms with Gasteiger partial charge in [0.1, 0.15) is 24.0 Å². The molecule has 0 aliphatic heterocycles. The maximum Gasteiger partial charge on any atom is 0.407 e. The molecule has 1 aromatic heterocycles. The van der Waals surface area contributed by atoms with Crippen LogP contribution < -0.4 is 20.7 Å². The van der Waals surface area contributed by atoms with E-state index in [0.29, 0.717) is 38.1 Å². The lowest BCUT2D eigenvalue weighted by Gasteiger charge is -2.29. The number of rotatable bonds is 15. The van der Waals surface area contributed by atoms with Crippen LogP contribution in [-0.2, 0) is 33.8 Å². The summed E-state index contributed by atoms with van der Waals surface area (Å²) in [4.78, 5) is 43.3. The van der Waals surface area contributed by atoms with E-state index in [9.17, 15) is 14.4 Å². The Morgan fingerprint density at radius 2 is 1.52 bits per heavy atom. The number of nitrogens with one attached hydrogen (secondary N) is 3. The number of carbonyl (C=O) groups excluding carboxylic acids is 3. The van der Waals surface area contributed by atoms with Crippen molar-refractivity contribution in [1.82, 2.24) is 15.6 Å². The number of hydrogen-bond donors (Lipinski definition) is 3. The van der Waals surface area contributed by atoms with Crippen LogP contribution in [0.3, 0.4) is 0 Å². The number of aryl methyl sites for hydroxylation is 1. The fraction of sp³-hybridized carbons (Fsp3) is 0.487. The van der Waals surface area contributed by atoms with Crippen LogP contribution in [0, 0.1) is 11.8 Å². The van der Waals surface area contributed by atoms with Gasteiger partial charge in [0.2, 0.25) is 11.8 Å². The van der Waals surface area contributed by atoms with Gasteiger partial charge in [-0.1, -0.05) is 44.0 Å². The Kier molecular flexibility index (Phi) is 13.8. The minimum Gasteiger partial charge on any atom is -0.489 e. The smallest absolute Gasteiger partial charge is 0.407 e. The molecule has 1 fully saturated rings. The second-order valence-electron chi connectivity index (χ2n) is 13.8. The van der Waals surface area contributed by atoms with Crippen molar-refractivity contribution in [1.29, 1.82) is 0 Å². The largest absolute Gasteiger partial charge is 0.489 e. The van der Waals surface area contributed by atoms with E-state index in [0.717, 1.165) is 42.6 Å². The van der Waals surface area contributed by atoms with E-state index in [4.69, 9.17) is 9.47 Å². The van der Waals surface area contributed by atoms with Crippen molar-refractivity contribution in [2.45, 2.75) is 104 Å². The Morgan fingerprint density at radius 3 is 2.17 bits per heavy atom. The van der Waals surface area contributed by atoms with Gasteiger partial charge in [-0.3, -0.25) is 14.6 Å². The summed E-state index contributed by atoms with van der Waals surface area (Å²) in [6.07, 6.45) is 11.0. The summed E-state index contributed by atoms with van der Waals surface area (Å²) in [6.45, 7) is 8.66. The standard InChI is InChI=1S/C39H52N4O5/c1-5-6-7-8-28-11-17-33(18-12-28)42-37(45)35(25-29-13-19-34(20-14-29)47-27-31-21-23-40-24-22-31)43-36(44)32-15-9-30(10-16-32)26-41-38(46)48-39(2,3)4/h11-14,17-24,30,32,35H,5-10,15-16,25-27H2,1-4H3,(H,41,46)(H,42,45)(H,43,44)/t30?,32?,35-/m0/s1. The van der Waals surface area contributed by atoms with E-state index in [1.807, 2.05) is 69.3 Å². The van der Waals surface area contributed by atoms with Gasteiger partial charge in [-0.05, 0) is 118 Å². The summed E-state index contributed by atoms with van der Waals surface area (Å²) in [5, 5.41) is 8.97. The van der Waals surface area contributed by atoms with Crippen LogP contribution in [0.1, 0.15) is 89.3 Å². The van der Waals surface area contributed by atoms with E-state index >= 15 is 0 Å². The van der Waals surface area contributed by atoms with Crippen LogP contribution in [0.15, 0.2) is 73.1 Å². The molecule has 0 bridgehead atoms. The second kappa shape index (κ2) is 18.2. The average Bonchev–Trinajstić information content (AvgIpc) is 3.07. The highest BCUT2D eigenvalue weighted by molar-refractivity contribution is 5.97. The molecular weight excluding hydrogens is 604 g/mol. The molecule has 1 aliphatic rings. The first-order valence-electron chi connectivity index (χ1n) is 17.4. The molecule has 4 rings (SSSR count). The summed E-state index contributed by atoms with van der Waals surface area (Å²) in [7, 11) is 0. The first-order chi connectivity index (χ1) is 23.1. The van der Waals surface area contributed by atoms with E-state index in [2.05, 4.69) is 40.0 Å². The third kappa shape index (κ3) is 12.7. The molecule has 9 heteroatoms. The van der Waals surface area contributed by atoms with E-state index in [1.165, 1.54) is 18.4 Å². The highest BCUT2D eigenvalue weighted by Crippen LogP contribution is 2.29. The van der Waals surface area contributed by atoms with E-state index in [1.54, 1.807) is 12.4 Å². The van der Waals surface area contributed by atoms with Crippen LogP contribution in [0.4, 0.5) is 10.5 Å². The maximum absolute atomic E-state index is 13.6. The number of alkyl carbamates (subject to hydrolysis) is 1. The van der Waals surface area contributed by atoms with Crippen molar-refractivity contribution in [2.75, 3.05) is 11.9 Å². The molecule has 1 aliphatic carbocycles. The lowest BCUT2D eigenvalue weighted by molar-refractivity contribution is -0.130. The number of aromatic nitrogens is 1. The van der Waals surface area contributed by atoms with Gasteiger partial charge in [0.25, 0.3) is 0 Å². The maximum atomic E-state index is 13.6. The van der Waals surface area contributed by atoms with Gasteiger partial charge >= 0.3 is 6.09 Å². The molecule has 258 valence electrons. The molecule has 3 N–H and O–H groups in total. The van der Waals surface area contributed by atoms with Crippen molar-refractivity contribution in [2.24, 2.45) is 11.8 Å². The molecule has 1 atom stereocenters. The highest BCUT2D eigenvalue weighted by atomic mass is 16.6. The number of amides is 3. The minimum absolute atomic E-state index is 0.114. The monoisotopic (exact) mass is 656 g/mol. The molecule has 1 saturated carbocycles. The topological polar surface area (TPSA) is 119 Å². The molecule has 9 nitrogen and oxygen atoms in total. The number of benzene rings is 2. The second-order valence-corrected chi connectivity index (χ2v) is 13.8. The summed E-state index contributed by atoms with van der Waals surface area (Å²) >= 11 is 0. The van der Waals surface area contributed by atoms with Crippen LogP contribution in [0.25, 0.3) is 0 Å². The SMILES string of the molecule is CCCCCc1ccc(NC(=O)[C@H](Cc2ccc(OCc3ccncc3)cc2)NC(=O)C2CCC(CNC(=O)OC(C)(C)C)CC2)cc1. The molecule has 0 saturated heterocycles. The van der Waals surface area contributed by atoms with Gasteiger partial charge in [0.05, 0.1) is 0 Å². The van der Waals surface area contributed by atoms with Crippen LogP contribution in [0.5, 0.6) is 5.75 Å². The van der Waals surface area contributed by atoms with Gasteiger partial charge in [0, 0.05) is 37.0 Å². The Labute approximate surface area is 285 Å². The molecule has 1 heterocycles. The van der Waals surface area contributed by atoms with Gasteiger partial charge in [-0.25, -0.2) is 4.79 Å². The zero-order chi connectivity index (χ0) is 34.4. The molecular formula is C39H52N4O5. The van der Waals surface area contributed by atoms with Crippen molar-refractivity contribution in [3.63, 3.8) is 0 Å². The normalized spacial score (nSPS) is 16.8. The van der Waals surface area contributed by atoms with E-state index in [-0.39, 0.29) is 23.7 Å². The number of anilines is 1. The first kappa shape index (κ1) is 36.4. The van der Waals surface area contributed by atoms with Crippen molar-refractivity contribution < 1.29 is 23.9 Å². The summed E-state index contributed by atoms with van der Waals surface area (Å²) in [5.41, 5.74) is 3.34. The van der Waals surface area contributed by atoms with Crippen molar-refractivity contribution >= 4 is 23.6 Å². The fourth-order valence-electron chi connectivity index (χ4n) is 5.84. The zero-order valence-electron chi connectivity index (χ0n) is 28.9. The highest BCUT2D eigenvalue weighted by Gasteiger charge is 2.30. The summed E-state index contributed by atoms with van der Waals surface area (Å²) in [6, 6.07) is 18.7. The third-order valence-corrected chi connectivity index (χ3v) is 8.59. The Hall–Kier alpha value is -4.40. The fourth-order valence-corrected chi connectivity index (χ4v) is 5.84. The van der Waals surface area contributed by atoms with Crippen LogP contribution >= 0.6 is 0 Å². The first-order valence-corrected chi connectivity index (χ1v) is 17.4. The Bertz CT molecular complexity index is 1430. The minimum atomic E-state index is -0.753. The van der Waals surface area contributed by atoms with E-state index < -0.39 is 17.7 Å². The summed E-state index contributed by atoms with van der Waals surface area (Å²) in [5.74, 6) is 0.444. The van der Waals surface area contributed by atoms with Crippen molar-refractivity contribution in [3.8, 4) is 5.75 Å². The lowest BCUT2D eigenvalue weighted by Crippen LogP contribution is -2.48. The number of nitrogens with zero attached hydrogens (tertiary/aromatic N) is 1. The van der Waals surface area contributed by atoms with Crippen LogP contribution in [0.2, 0.25) is 0 Å². The molecule has 2 aromatic carbocycles. The quantitative estimate of drug-likeness (QED) is 0.147. The number of hydrogen-bond acceptors (Lipinski definition) is 6. The molecule has 0 radical (unpaired) electrons. The summed E-state index contributed by atoms with van der Waals surface area (Å²) < 4.78 is 11.3. The lowest BCUT2D eigenvalue weighted by atomic mass is 9.81. The van der Waals surface area contributed by atoms with Crippen LogP contribution in [-0.4, -0.2) is 41.1 Å².